The highest BCUT2D eigenvalue weighted by Crippen LogP contribution is 2.27. The maximum atomic E-state index is 9.62. The first-order chi connectivity index (χ1) is 7.70. The summed E-state index contributed by atoms with van der Waals surface area (Å²) in [6.07, 6.45) is 1.88. The predicted octanol–water partition coefficient (Wildman–Crippen LogP) is 1.07. The fourth-order valence-electron chi connectivity index (χ4n) is 2.32. The van der Waals surface area contributed by atoms with Gasteiger partial charge in [-0.3, -0.25) is 0 Å². The summed E-state index contributed by atoms with van der Waals surface area (Å²) in [7, 11) is 0. The first-order valence-electron chi connectivity index (χ1n) is 5.93. The molecule has 88 valence electrons. The number of aliphatic hydroxyl groups is 1. The molecule has 1 heterocycles. The number of nitrogens with zero attached hydrogens (tertiary/aromatic N) is 1. The summed E-state index contributed by atoms with van der Waals surface area (Å²) in [5, 5.41) is 9.62. The van der Waals surface area contributed by atoms with Gasteiger partial charge < -0.3 is 15.7 Å². The van der Waals surface area contributed by atoms with Crippen LogP contribution in [-0.2, 0) is 6.42 Å². The van der Waals surface area contributed by atoms with Crippen molar-refractivity contribution < 1.29 is 5.11 Å². The molecule has 1 aromatic rings. The Morgan fingerprint density at radius 2 is 2.31 bits per heavy atom. The van der Waals surface area contributed by atoms with E-state index in [0.29, 0.717) is 13.1 Å². The molecule has 0 aromatic heterocycles. The van der Waals surface area contributed by atoms with Gasteiger partial charge in [0.2, 0.25) is 0 Å². The van der Waals surface area contributed by atoms with E-state index in [4.69, 9.17) is 5.73 Å². The molecule has 0 bridgehead atoms. The summed E-state index contributed by atoms with van der Waals surface area (Å²) >= 11 is 0. The fraction of sp³-hybridized carbons (Fsp3) is 0.538. The topological polar surface area (TPSA) is 49.5 Å². The maximum Gasteiger partial charge on any atom is 0.0836 e. The van der Waals surface area contributed by atoms with E-state index in [2.05, 4.69) is 30.0 Å². The predicted molar refractivity (Wildman–Crippen MR) is 66.8 cm³/mol. The quantitative estimate of drug-likeness (QED) is 0.801. The molecule has 0 amide bonds. The van der Waals surface area contributed by atoms with Crippen LogP contribution < -0.4 is 10.6 Å². The smallest absolute Gasteiger partial charge is 0.0836 e. The summed E-state index contributed by atoms with van der Waals surface area (Å²) in [5.41, 5.74) is 9.43. The van der Waals surface area contributed by atoms with Crippen molar-refractivity contribution >= 4 is 5.69 Å². The van der Waals surface area contributed by atoms with Crippen molar-refractivity contribution in [3.8, 4) is 0 Å². The second kappa shape index (κ2) is 4.85. The molecule has 0 radical (unpaired) electrons. The highest BCUT2D eigenvalue weighted by molar-refractivity contribution is 5.56. The number of fused-ring (bicyclic) bond motifs is 1. The first-order valence-corrected chi connectivity index (χ1v) is 5.93. The molecule has 1 aromatic carbocycles. The van der Waals surface area contributed by atoms with Gasteiger partial charge in [0, 0.05) is 25.3 Å². The highest BCUT2D eigenvalue weighted by Gasteiger charge is 2.18. The normalized spacial score (nSPS) is 17.1. The lowest BCUT2D eigenvalue weighted by molar-refractivity contribution is 0.187. The molecule has 0 spiro atoms. The number of hydrogen-bond donors (Lipinski definition) is 2. The Hall–Kier alpha value is -1.06. The molecule has 1 aliphatic rings. The summed E-state index contributed by atoms with van der Waals surface area (Å²) in [4.78, 5) is 2.25. The maximum absolute atomic E-state index is 9.62. The Labute approximate surface area is 96.9 Å². The van der Waals surface area contributed by atoms with Gasteiger partial charge in [0.1, 0.15) is 0 Å². The number of nitrogens with two attached hydrogens (primary N) is 1. The van der Waals surface area contributed by atoms with Crippen molar-refractivity contribution in [2.45, 2.75) is 25.9 Å². The summed E-state index contributed by atoms with van der Waals surface area (Å²) in [5.74, 6) is 0. The summed E-state index contributed by atoms with van der Waals surface area (Å²) in [6, 6.07) is 6.54. The van der Waals surface area contributed by atoms with Crippen LogP contribution in [0, 0.1) is 6.92 Å². The Balaban J connectivity index is 2.19. The zero-order valence-electron chi connectivity index (χ0n) is 9.82. The molecule has 0 fully saturated rings. The average molecular weight is 220 g/mol. The standard InChI is InChI=1S/C13H20N2O/c1-10-4-5-13-11(7-10)3-2-6-15(13)9-12(16)8-14/h4-5,7,12,16H,2-3,6,8-9,14H2,1H3. The third-order valence-corrected chi connectivity index (χ3v) is 3.15. The third kappa shape index (κ3) is 2.36. The van der Waals surface area contributed by atoms with Crippen molar-refractivity contribution in [2.24, 2.45) is 5.73 Å². The molecule has 0 aliphatic carbocycles. The highest BCUT2D eigenvalue weighted by atomic mass is 16.3. The van der Waals surface area contributed by atoms with Gasteiger partial charge in [-0.05, 0) is 31.4 Å². The van der Waals surface area contributed by atoms with E-state index in [0.717, 1.165) is 19.4 Å². The zero-order chi connectivity index (χ0) is 11.5. The van der Waals surface area contributed by atoms with E-state index < -0.39 is 6.10 Å². The number of benzene rings is 1. The molecule has 0 saturated heterocycles. The van der Waals surface area contributed by atoms with E-state index in [1.165, 1.54) is 16.8 Å². The molecular weight excluding hydrogens is 200 g/mol. The van der Waals surface area contributed by atoms with Gasteiger partial charge in [-0.25, -0.2) is 0 Å². The lowest BCUT2D eigenvalue weighted by atomic mass is 9.99. The molecule has 2 rings (SSSR count). The van der Waals surface area contributed by atoms with Gasteiger partial charge in [0.05, 0.1) is 6.10 Å². The number of aryl methyl sites for hydroxylation is 2. The van der Waals surface area contributed by atoms with E-state index in [-0.39, 0.29) is 0 Å². The van der Waals surface area contributed by atoms with Crippen LogP contribution in [0.3, 0.4) is 0 Å². The van der Waals surface area contributed by atoms with Crippen molar-refractivity contribution in [1.82, 2.24) is 0 Å². The molecule has 3 N–H and O–H groups in total. The fourth-order valence-corrected chi connectivity index (χ4v) is 2.32. The molecule has 16 heavy (non-hydrogen) atoms. The van der Waals surface area contributed by atoms with Crippen LogP contribution in [-0.4, -0.2) is 30.8 Å². The molecular formula is C13H20N2O. The van der Waals surface area contributed by atoms with Gasteiger partial charge in [-0.1, -0.05) is 17.7 Å². The zero-order valence-corrected chi connectivity index (χ0v) is 9.82. The third-order valence-electron chi connectivity index (χ3n) is 3.15. The van der Waals surface area contributed by atoms with Crippen LogP contribution in [0.15, 0.2) is 18.2 Å². The average Bonchev–Trinajstić information content (AvgIpc) is 2.28. The Bertz CT molecular complexity index is 365. The first kappa shape index (κ1) is 11.4. The number of hydrogen-bond acceptors (Lipinski definition) is 3. The SMILES string of the molecule is Cc1ccc2c(c1)CCCN2CC(O)CN. The summed E-state index contributed by atoms with van der Waals surface area (Å²) in [6.45, 7) is 4.12. The van der Waals surface area contributed by atoms with Crippen molar-refractivity contribution in [3.63, 3.8) is 0 Å². The van der Waals surface area contributed by atoms with Crippen LogP contribution in [0.5, 0.6) is 0 Å². The van der Waals surface area contributed by atoms with Crippen LogP contribution in [0.1, 0.15) is 17.5 Å². The lowest BCUT2D eigenvalue weighted by Crippen LogP contribution is -2.39. The van der Waals surface area contributed by atoms with Gasteiger partial charge in [-0.15, -0.1) is 0 Å². The van der Waals surface area contributed by atoms with Crippen molar-refractivity contribution in [2.75, 3.05) is 24.5 Å². The minimum absolute atomic E-state index is 0.331. The van der Waals surface area contributed by atoms with E-state index >= 15 is 0 Å². The Morgan fingerprint density at radius 3 is 3.06 bits per heavy atom. The van der Waals surface area contributed by atoms with Crippen molar-refractivity contribution in [3.05, 3.63) is 29.3 Å². The van der Waals surface area contributed by atoms with Gasteiger partial charge in [0.15, 0.2) is 0 Å². The van der Waals surface area contributed by atoms with Crippen LogP contribution in [0.25, 0.3) is 0 Å². The largest absolute Gasteiger partial charge is 0.390 e. The second-order valence-electron chi connectivity index (χ2n) is 4.57. The molecule has 1 unspecified atom stereocenters. The number of β-amino-alcohol motifs (C(OH)–C–C–N with tert-alkyl or cyclic N) is 1. The molecule has 1 atom stereocenters. The number of rotatable bonds is 3. The van der Waals surface area contributed by atoms with Crippen LogP contribution in [0.2, 0.25) is 0 Å². The number of aliphatic hydroxyl groups excluding tert-OH is 1. The van der Waals surface area contributed by atoms with Crippen LogP contribution in [0.4, 0.5) is 5.69 Å². The van der Waals surface area contributed by atoms with Gasteiger partial charge in [-0.2, -0.15) is 0 Å². The minimum atomic E-state index is -0.424. The molecule has 3 heteroatoms. The second-order valence-corrected chi connectivity index (χ2v) is 4.57. The van der Waals surface area contributed by atoms with Gasteiger partial charge >= 0.3 is 0 Å². The minimum Gasteiger partial charge on any atom is -0.390 e. The molecule has 1 aliphatic heterocycles. The van der Waals surface area contributed by atoms with E-state index in [1.807, 2.05) is 0 Å². The molecule has 3 nitrogen and oxygen atoms in total. The van der Waals surface area contributed by atoms with Crippen LogP contribution >= 0.6 is 0 Å². The lowest BCUT2D eigenvalue weighted by Gasteiger charge is -2.32. The van der Waals surface area contributed by atoms with Crippen molar-refractivity contribution in [1.29, 1.82) is 0 Å². The summed E-state index contributed by atoms with van der Waals surface area (Å²) < 4.78 is 0. The van der Waals surface area contributed by atoms with Gasteiger partial charge in [0.25, 0.3) is 0 Å². The Kier molecular flexibility index (Phi) is 3.46. The molecule has 0 saturated carbocycles. The number of anilines is 1. The Morgan fingerprint density at radius 1 is 1.50 bits per heavy atom. The van der Waals surface area contributed by atoms with E-state index in [1.54, 1.807) is 0 Å². The van der Waals surface area contributed by atoms with E-state index in [9.17, 15) is 5.11 Å². The monoisotopic (exact) mass is 220 g/mol.